The lowest BCUT2D eigenvalue weighted by Crippen LogP contribution is -2.26. The minimum Gasteiger partial charge on any atom is -0.398 e. The van der Waals surface area contributed by atoms with Crippen LogP contribution >= 0.6 is 23.1 Å². The molecule has 0 saturated heterocycles. The fourth-order valence-electron chi connectivity index (χ4n) is 2.07. The van der Waals surface area contributed by atoms with E-state index in [-0.39, 0.29) is 0 Å². The normalized spacial score (nSPS) is 25.9. The zero-order valence-electron chi connectivity index (χ0n) is 9.03. The van der Waals surface area contributed by atoms with Gasteiger partial charge in [0, 0.05) is 28.4 Å². The van der Waals surface area contributed by atoms with Gasteiger partial charge in [-0.3, -0.25) is 0 Å². The van der Waals surface area contributed by atoms with Crippen molar-refractivity contribution in [2.45, 2.75) is 37.1 Å². The number of anilines is 1. The summed E-state index contributed by atoms with van der Waals surface area (Å²) in [5.74, 6) is 0. The van der Waals surface area contributed by atoms with Gasteiger partial charge in [-0.2, -0.15) is 11.8 Å². The third-order valence-electron chi connectivity index (χ3n) is 3.05. The lowest BCUT2D eigenvalue weighted by Gasteiger charge is -2.12. The molecular formula is C11H18N2S2. The smallest absolute Gasteiger partial charge is 0.0468 e. The van der Waals surface area contributed by atoms with Crippen molar-refractivity contribution in [3.63, 3.8) is 0 Å². The van der Waals surface area contributed by atoms with Gasteiger partial charge in [0.25, 0.3) is 0 Å². The molecule has 2 rings (SSSR count). The molecule has 0 bridgehead atoms. The Morgan fingerprint density at radius 2 is 2.47 bits per heavy atom. The molecule has 1 saturated carbocycles. The maximum Gasteiger partial charge on any atom is 0.0468 e. The van der Waals surface area contributed by atoms with E-state index in [2.05, 4.69) is 17.0 Å². The summed E-state index contributed by atoms with van der Waals surface area (Å²) >= 11 is 3.75. The van der Waals surface area contributed by atoms with Crippen LogP contribution in [-0.2, 0) is 6.54 Å². The summed E-state index contributed by atoms with van der Waals surface area (Å²) in [4.78, 5) is 1.28. The number of nitrogen functional groups attached to an aromatic ring is 1. The number of hydrogen-bond acceptors (Lipinski definition) is 4. The zero-order chi connectivity index (χ0) is 10.7. The Balaban J connectivity index is 1.77. The van der Waals surface area contributed by atoms with E-state index in [1.54, 1.807) is 11.3 Å². The summed E-state index contributed by atoms with van der Waals surface area (Å²) in [5.41, 5.74) is 6.78. The molecule has 0 spiro atoms. The van der Waals surface area contributed by atoms with E-state index >= 15 is 0 Å². The second-order valence-electron chi connectivity index (χ2n) is 4.05. The van der Waals surface area contributed by atoms with Crippen LogP contribution in [0.2, 0.25) is 0 Å². The summed E-state index contributed by atoms with van der Waals surface area (Å²) in [6.07, 6.45) is 6.20. The van der Waals surface area contributed by atoms with Crippen LogP contribution in [0.3, 0.4) is 0 Å². The van der Waals surface area contributed by atoms with E-state index in [9.17, 15) is 0 Å². The summed E-state index contributed by atoms with van der Waals surface area (Å²) < 4.78 is 0. The van der Waals surface area contributed by atoms with E-state index in [1.165, 1.54) is 24.1 Å². The first-order valence-corrected chi connectivity index (χ1v) is 7.54. The van der Waals surface area contributed by atoms with E-state index in [1.807, 2.05) is 17.8 Å². The molecule has 1 heterocycles. The van der Waals surface area contributed by atoms with Crippen LogP contribution in [-0.4, -0.2) is 17.5 Å². The molecule has 0 aliphatic heterocycles. The molecule has 0 radical (unpaired) electrons. The van der Waals surface area contributed by atoms with Crippen molar-refractivity contribution >= 4 is 28.8 Å². The highest BCUT2D eigenvalue weighted by atomic mass is 32.2. The standard InChI is InChI=1S/C11H18N2S2/c1-14-9-3-2-8(6-9)13-7-11-10(12)4-5-15-11/h4-5,8-9,13H,2-3,6-7,12H2,1H3. The topological polar surface area (TPSA) is 38.0 Å². The molecule has 15 heavy (non-hydrogen) atoms. The van der Waals surface area contributed by atoms with Gasteiger partial charge in [0.05, 0.1) is 0 Å². The monoisotopic (exact) mass is 242 g/mol. The average Bonchev–Trinajstić information content (AvgIpc) is 2.84. The number of rotatable bonds is 4. The van der Waals surface area contributed by atoms with Gasteiger partial charge in [0.15, 0.2) is 0 Å². The second kappa shape index (κ2) is 5.23. The first kappa shape index (κ1) is 11.3. The molecule has 1 aromatic heterocycles. The predicted molar refractivity (Wildman–Crippen MR) is 70.5 cm³/mol. The van der Waals surface area contributed by atoms with E-state index < -0.39 is 0 Å². The molecular weight excluding hydrogens is 224 g/mol. The molecule has 3 N–H and O–H groups in total. The highest BCUT2D eigenvalue weighted by Crippen LogP contribution is 2.28. The first-order valence-electron chi connectivity index (χ1n) is 5.37. The Labute approximate surface area is 99.6 Å². The van der Waals surface area contributed by atoms with Crippen LogP contribution < -0.4 is 11.1 Å². The minimum absolute atomic E-state index is 0.698. The molecule has 1 aromatic rings. The van der Waals surface area contributed by atoms with Crippen LogP contribution in [0, 0.1) is 0 Å². The van der Waals surface area contributed by atoms with Crippen molar-refractivity contribution in [3.8, 4) is 0 Å². The van der Waals surface area contributed by atoms with Crippen molar-refractivity contribution in [2.24, 2.45) is 0 Å². The largest absolute Gasteiger partial charge is 0.398 e. The van der Waals surface area contributed by atoms with Gasteiger partial charge < -0.3 is 11.1 Å². The summed E-state index contributed by atoms with van der Waals surface area (Å²) in [7, 11) is 0. The van der Waals surface area contributed by atoms with Crippen molar-refractivity contribution in [1.82, 2.24) is 5.32 Å². The quantitative estimate of drug-likeness (QED) is 0.852. The van der Waals surface area contributed by atoms with Crippen LogP contribution in [0.15, 0.2) is 11.4 Å². The highest BCUT2D eigenvalue weighted by molar-refractivity contribution is 7.99. The highest BCUT2D eigenvalue weighted by Gasteiger charge is 2.23. The molecule has 2 atom stereocenters. The summed E-state index contributed by atoms with van der Waals surface area (Å²) in [5, 5.41) is 6.53. The fraction of sp³-hybridized carbons (Fsp3) is 0.636. The van der Waals surface area contributed by atoms with E-state index in [0.29, 0.717) is 6.04 Å². The minimum atomic E-state index is 0.698. The van der Waals surface area contributed by atoms with Crippen LogP contribution in [0.5, 0.6) is 0 Å². The van der Waals surface area contributed by atoms with Gasteiger partial charge in [-0.05, 0) is 37.0 Å². The van der Waals surface area contributed by atoms with Gasteiger partial charge in [-0.1, -0.05) is 0 Å². The Morgan fingerprint density at radius 3 is 3.07 bits per heavy atom. The Bertz CT molecular complexity index is 311. The van der Waals surface area contributed by atoms with Crippen molar-refractivity contribution < 1.29 is 0 Å². The maximum atomic E-state index is 5.85. The van der Waals surface area contributed by atoms with Gasteiger partial charge >= 0.3 is 0 Å². The lowest BCUT2D eigenvalue weighted by molar-refractivity contribution is 0.528. The summed E-state index contributed by atoms with van der Waals surface area (Å²) in [6, 6.07) is 2.69. The van der Waals surface area contributed by atoms with Crippen molar-refractivity contribution in [1.29, 1.82) is 0 Å². The SMILES string of the molecule is CSC1CCC(NCc2sccc2N)C1. The molecule has 4 heteroatoms. The zero-order valence-corrected chi connectivity index (χ0v) is 10.7. The van der Waals surface area contributed by atoms with Crippen LogP contribution in [0.4, 0.5) is 5.69 Å². The molecule has 2 nitrogen and oxygen atoms in total. The second-order valence-corrected chi connectivity index (χ2v) is 6.19. The molecule has 1 fully saturated rings. The number of hydrogen-bond donors (Lipinski definition) is 2. The molecule has 84 valence electrons. The molecule has 0 aromatic carbocycles. The van der Waals surface area contributed by atoms with Crippen molar-refractivity contribution in [2.75, 3.05) is 12.0 Å². The van der Waals surface area contributed by atoms with E-state index in [0.717, 1.165) is 17.5 Å². The van der Waals surface area contributed by atoms with Crippen LogP contribution in [0.1, 0.15) is 24.1 Å². The Kier molecular flexibility index (Phi) is 3.94. The predicted octanol–water partition coefficient (Wildman–Crippen LogP) is 2.70. The Hall–Kier alpha value is -0.190. The van der Waals surface area contributed by atoms with Crippen LogP contribution in [0.25, 0.3) is 0 Å². The number of thioether (sulfide) groups is 1. The maximum absolute atomic E-state index is 5.85. The first-order chi connectivity index (χ1) is 7.29. The summed E-state index contributed by atoms with van der Waals surface area (Å²) in [6.45, 7) is 0.940. The average molecular weight is 242 g/mol. The number of nitrogens with two attached hydrogens (primary N) is 1. The third kappa shape index (κ3) is 2.89. The molecule has 0 amide bonds. The lowest BCUT2D eigenvalue weighted by atomic mass is 10.2. The fourth-order valence-corrected chi connectivity index (χ4v) is 3.62. The van der Waals surface area contributed by atoms with E-state index in [4.69, 9.17) is 5.73 Å². The molecule has 1 aliphatic carbocycles. The number of nitrogens with one attached hydrogen (secondary N) is 1. The number of thiophene rings is 1. The van der Waals surface area contributed by atoms with Gasteiger partial charge in [-0.15, -0.1) is 11.3 Å². The van der Waals surface area contributed by atoms with Gasteiger partial charge in [0.2, 0.25) is 0 Å². The third-order valence-corrected chi connectivity index (χ3v) is 5.08. The van der Waals surface area contributed by atoms with Gasteiger partial charge in [0.1, 0.15) is 0 Å². The molecule has 2 unspecified atom stereocenters. The van der Waals surface area contributed by atoms with Gasteiger partial charge in [-0.25, -0.2) is 0 Å². The van der Waals surface area contributed by atoms with Crippen molar-refractivity contribution in [3.05, 3.63) is 16.3 Å². The molecule has 1 aliphatic rings. The Morgan fingerprint density at radius 1 is 1.60 bits per heavy atom.